The lowest BCUT2D eigenvalue weighted by molar-refractivity contribution is -0.144. The van der Waals surface area contributed by atoms with Gasteiger partial charge in [0, 0.05) is 12.8 Å². The lowest BCUT2D eigenvalue weighted by Gasteiger charge is -2.28. The molecular formula is C33H53N7O17. The number of carbonyl (C=O) groups is 11. The normalized spacial score (nSPS) is 14.7. The average Bonchev–Trinajstić information content (AvgIpc) is 3.08. The van der Waals surface area contributed by atoms with Gasteiger partial charge in [-0.05, 0) is 37.5 Å². The summed E-state index contributed by atoms with van der Waals surface area (Å²) in [5.74, 6) is -15.2. The van der Waals surface area contributed by atoms with Gasteiger partial charge in [-0.3, -0.25) is 47.9 Å². The van der Waals surface area contributed by atoms with Crippen LogP contribution in [-0.2, 0) is 52.7 Å². The summed E-state index contributed by atoms with van der Waals surface area (Å²) in [6.45, 7) is 5.77. The number of nitrogens with two attached hydrogens (primary N) is 1. The van der Waals surface area contributed by atoms with Crippen molar-refractivity contribution in [1.82, 2.24) is 31.9 Å². The lowest BCUT2D eigenvalue weighted by atomic mass is 9.99. The van der Waals surface area contributed by atoms with Crippen LogP contribution < -0.4 is 37.6 Å². The molecule has 0 aromatic carbocycles. The van der Waals surface area contributed by atoms with Crippen LogP contribution in [0.4, 0.5) is 0 Å². The van der Waals surface area contributed by atoms with Crippen molar-refractivity contribution in [2.75, 3.05) is 6.61 Å². The molecule has 0 bridgehead atoms. The molecule has 0 heterocycles. The quantitative estimate of drug-likeness (QED) is 0.0358. The van der Waals surface area contributed by atoms with E-state index < -0.39 is 153 Å². The molecule has 7 atom stereocenters. The Labute approximate surface area is 326 Å². The molecule has 24 heteroatoms. The van der Waals surface area contributed by atoms with Crippen LogP contribution in [0.25, 0.3) is 0 Å². The standard InChI is InChI=1S/C33H53N7O17/c1-14(2)9-19(29(52)36-18(33(56)57)6-8-24(44)45)38-30(53)20(10-15(3)4)39-32(55)22(12-26(48)49)40-28(51)17(5-7-23(42)43)35-31(54)21(11-25(46)47)37-27(50)16(34)13-41/h14-22,41H,5-13,34H2,1-4H3,(H,35,54)(H,36,52)(H,37,50)(H,38,53)(H,39,55)(H,40,51)(H,42,43)(H,44,45)(H,46,47)(H,48,49)(H,56,57)/t16-,17-,18-,19-,20-,21-,22-/m0/s1. The fraction of sp³-hybridized carbons (Fsp3) is 0.667. The van der Waals surface area contributed by atoms with E-state index in [9.17, 15) is 73.2 Å². The van der Waals surface area contributed by atoms with Gasteiger partial charge in [0.05, 0.1) is 19.4 Å². The van der Waals surface area contributed by atoms with Gasteiger partial charge in [0.25, 0.3) is 0 Å². The lowest BCUT2D eigenvalue weighted by Crippen LogP contribution is -2.60. The topological polar surface area (TPSA) is 407 Å². The van der Waals surface area contributed by atoms with Crippen LogP contribution in [0.1, 0.15) is 79.1 Å². The van der Waals surface area contributed by atoms with Crippen LogP contribution in [0, 0.1) is 11.8 Å². The molecule has 0 saturated carbocycles. The summed E-state index contributed by atoms with van der Waals surface area (Å²) in [5, 5.41) is 68.6. The Kier molecular flexibility index (Phi) is 22.7. The minimum absolute atomic E-state index is 0.0441. The first kappa shape index (κ1) is 51.1. The first-order chi connectivity index (χ1) is 26.4. The van der Waals surface area contributed by atoms with Crippen LogP contribution in [0.5, 0.6) is 0 Å². The molecule has 0 aliphatic carbocycles. The van der Waals surface area contributed by atoms with E-state index in [-0.39, 0.29) is 24.7 Å². The fourth-order valence-electron chi connectivity index (χ4n) is 4.96. The van der Waals surface area contributed by atoms with Crippen molar-refractivity contribution in [2.45, 2.75) is 121 Å². The summed E-state index contributed by atoms with van der Waals surface area (Å²) >= 11 is 0. The van der Waals surface area contributed by atoms with Crippen molar-refractivity contribution >= 4 is 65.3 Å². The van der Waals surface area contributed by atoms with Gasteiger partial charge in [-0.1, -0.05) is 27.7 Å². The number of aliphatic hydroxyl groups excluding tert-OH is 1. The average molecular weight is 820 g/mol. The van der Waals surface area contributed by atoms with Crippen LogP contribution in [0.3, 0.4) is 0 Å². The maximum Gasteiger partial charge on any atom is 0.326 e. The molecule has 57 heavy (non-hydrogen) atoms. The van der Waals surface area contributed by atoms with Crippen molar-refractivity contribution in [3.63, 3.8) is 0 Å². The second-order valence-corrected chi connectivity index (χ2v) is 13.8. The predicted octanol–water partition coefficient (Wildman–Crippen LogP) is -3.93. The number of amides is 6. The number of hydrogen-bond donors (Lipinski definition) is 13. The van der Waals surface area contributed by atoms with Gasteiger partial charge >= 0.3 is 29.8 Å². The SMILES string of the molecule is CC(C)C[C@H](NC(=O)[C@H](CC(C)C)NC(=O)[C@H](CC(=O)O)NC(=O)[C@H](CCC(=O)O)NC(=O)[C@H](CC(=O)O)NC(=O)[C@@H](N)CO)C(=O)N[C@@H](CCC(=O)O)C(=O)O. The molecule has 0 rings (SSSR count). The Morgan fingerprint density at radius 2 is 0.737 bits per heavy atom. The summed E-state index contributed by atoms with van der Waals surface area (Å²) in [7, 11) is 0. The van der Waals surface area contributed by atoms with Gasteiger partial charge < -0.3 is 68.3 Å². The third kappa shape index (κ3) is 21.1. The number of carboxylic acids is 5. The van der Waals surface area contributed by atoms with Gasteiger partial charge in [-0.25, -0.2) is 4.79 Å². The molecule has 0 aromatic rings. The van der Waals surface area contributed by atoms with Gasteiger partial charge in [0.15, 0.2) is 0 Å². The summed E-state index contributed by atoms with van der Waals surface area (Å²) in [6, 6.07) is -11.8. The summed E-state index contributed by atoms with van der Waals surface area (Å²) in [6.07, 6.45) is -4.87. The third-order valence-electron chi connectivity index (χ3n) is 7.78. The highest BCUT2D eigenvalue weighted by Gasteiger charge is 2.35. The Morgan fingerprint density at radius 1 is 0.439 bits per heavy atom. The highest BCUT2D eigenvalue weighted by Crippen LogP contribution is 2.11. The number of aliphatic carboxylic acids is 5. The highest BCUT2D eigenvalue weighted by molar-refractivity contribution is 5.98. The van der Waals surface area contributed by atoms with Gasteiger partial charge in [-0.2, -0.15) is 0 Å². The second kappa shape index (κ2) is 25.3. The molecule has 322 valence electrons. The molecule has 24 nitrogen and oxygen atoms in total. The number of nitrogens with one attached hydrogen (secondary N) is 6. The zero-order valence-corrected chi connectivity index (χ0v) is 31.8. The highest BCUT2D eigenvalue weighted by atomic mass is 16.4. The molecule has 0 fully saturated rings. The maximum atomic E-state index is 13.6. The molecule has 0 aliphatic heterocycles. The molecule has 0 aromatic heterocycles. The van der Waals surface area contributed by atoms with Crippen molar-refractivity contribution in [1.29, 1.82) is 0 Å². The van der Waals surface area contributed by atoms with Crippen molar-refractivity contribution < 1.29 is 83.4 Å². The Hall–Kier alpha value is -5.91. The number of rotatable bonds is 28. The first-order valence-electron chi connectivity index (χ1n) is 17.7. The van der Waals surface area contributed by atoms with E-state index in [4.69, 9.17) is 15.9 Å². The molecule has 14 N–H and O–H groups in total. The zero-order valence-electron chi connectivity index (χ0n) is 31.8. The fourth-order valence-corrected chi connectivity index (χ4v) is 4.96. The molecule has 0 spiro atoms. The van der Waals surface area contributed by atoms with Crippen LogP contribution in [0.15, 0.2) is 0 Å². The smallest absolute Gasteiger partial charge is 0.326 e. The van der Waals surface area contributed by atoms with E-state index in [2.05, 4.69) is 26.6 Å². The van der Waals surface area contributed by atoms with E-state index in [0.29, 0.717) is 0 Å². The number of carboxylic acid groups (broad SMARTS) is 5. The molecule has 6 amide bonds. The Balaban J connectivity index is 6.42. The van der Waals surface area contributed by atoms with E-state index in [1.54, 1.807) is 27.7 Å². The minimum Gasteiger partial charge on any atom is -0.481 e. The van der Waals surface area contributed by atoms with Crippen molar-refractivity contribution in [3.05, 3.63) is 0 Å². The number of hydrogen-bond acceptors (Lipinski definition) is 13. The second-order valence-electron chi connectivity index (χ2n) is 13.8. The zero-order chi connectivity index (χ0) is 44.2. The van der Waals surface area contributed by atoms with E-state index in [1.165, 1.54) is 0 Å². The van der Waals surface area contributed by atoms with E-state index >= 15 is 0 Å². The number of aliphatic hydroxyl groups is 1. The van der Waals surface area contributed by atoms with Crippen molar-refractivity contribution in [2.24, 2.45) is 17.6 Å². The first-order valence-corrected chi connectivity index (χ1v) is 17.7. The Bertz CT molecular complexity index is 1490. The van der Waals surface area contributed by atoms with Crippen molar-refractivity contribution in [3.8, 4) is 0 Å². The Morgan fingerprint density at radius 3 is 1.07 bits per heavy atom. The minimum atomic E-state index is -1.99. The molecule has 0 radical (unpaired) electrons. The van der Waals surface area contributed by atoms with E-state index in [1.807, 2.05) is 5.32 Å². The molecule has 0 aliphatic rings. The van der Waals surface area contributed by atoms with Gasteiger partial charge in [-0.15, -0.1) is 0 Å². The van der Waals surface area contributed by atoms with Crippen LogP contribution >= 0.6 is 0 Å². The summed E-state index contributed by atoms with van der Waals surface area (Å²) in [5.41, 5.74) is 5.39. The third-order valence-corrected chi connectivity index (χ3v) is 7.78. The van der Waals surface area contributed by atoms with E-state index in [0.717, 1.165) is 0 Å². The predicted molar refractivity (Wildman–Crippen MR) is 191 cm³/mol. The molecular weight excluding hydrogens is 766 g/mol. The summed E-state index contributed by atoms with van der Waals surface area (Å²) < 4.78 is 0. The molecule has 0 saturated heterocycles. The maximum absolute atomic E-state index is 13.6. The molecule has 0 unspecified atom stereocenters. The van der Waals surface area contributed by atoms with Crippen LogP contribution in [-0.4, -0.2) is 145 Å². The van der Waals surface area contributed by atoms with Gasteiger partial charge in [0.2, 0.25) is 35.4 Å². The summed E-state index contributed by atoms with van der Waals surface area (Å²) in [4.78, 5) is 136. The number of carbonyl (C=O) groups excluding carboxylic acids is 6. The largest absolute Gasteiger partial charge is 0.481 e. The van der Waals surface area contributed by atoms with Gasteiger partial charge in [0.1, 0.15) is 42.3 Å². The van der Waals surface area contributed by atoms with Crippen LogP contribution in [0.2, 0.25) is 0 Å². The monoisotopic (exact) mass is 819 g/mol.